The molecule has 1 fully saturated rings. The smallest absolute Gasteiger partial charge is 0.308 e. The fraction of sp³-hybridized carbons (Fsp3) is 0.625. The minimum absolute atomic E-state index is 0.162. The van der Waals surface area contributed by atoms with E-state index in [0.717, 1.165) is 31.7 Å². The molecule has 0 aromatic carbocycles. The van der Waals surface area contributed by atoms with Gasteiger partial charge in [0.25, 0.3) is 5.91 Å². The number of nitrogens with zero attached hydrogens (tertiary/aromatic N) is 4. The van der Waals surface area contributed by atoms with Crippen molar-refractivity contribution in [1.82, 2.24) is 24.9 Å². The van der Waals surface area contributed by atoms with Gasteiger partial charge >= 0.3 is 5.97 Å². The van der Waals surface area contributed by atoms with Crippen molar-refractivity contribution in [2.45, 2.75) is 32.0 Å². The van der Waals surface area contributed by atoms with E-state index in [4.69, 9.17) is 0 Å². The van der Waals surface area contributed by atoms with Gasteiger partial charge in [-0.1, -0.05) is 0 Å². The summed E-state index contributed by atoms with van der Waals surface area (Å²) in [6.45, 7) is 3.18. The van der Waals surface area contributed by atoms with Crippen molar-refractivity contribution in [2.75, 3.05) is 33.8 Å². The monoisotopic (exact) mass is 349 g/mol. The number of hydrogen-bond acceptors (Lipinski definition) is 6. The Morgan fingerprint density at radius 2 is 2.16 bits per heavy atom. The average Bonchev–Trinajstić information content (AvgIpc) is 2.90. The van der Waals surface area contributed by atoms with E-state index in [-0.39, 0.29) is 18.2 Å². The molecule has 2 amide bonds. The van der Waals surface area contributed by atoms with Crippen LogP contribution in [0.1, 0.15) is 29.0 Å². The van der Waals surface area contributed by atoms with Gasteiger partial charge in [0.1, 0.15) is 6.04 Å². The lowest BCUT2D eigenvalue weighted by atomic mass is 10.1. The molecule has 3 heterocycles. The number of carbonyl (C=O) groups is 3. The summed E-state index contributed by atoms with van der Waals surface area (Å²) in [7, 11) is 3.30. The Morgan fingerprint density at radius 1 is 1.36 bits per heavy atom. The molecule has 2 aliphatic rings. The molecule has 25 heavy (non-hydrogen) atoms. The lowest BCUT2D eigenvalue weighted by molar-refractivity contribution is -0.145. The van der Waals surface area contributed by atoms with Crippen LogP contribution >= 0.6 is 0 Å². The molecule has 1 aromatic heterocycles. The van der Waals surface area contributed by atoms with Crippen molar-refractivity contribution in [3.63, 3.8) is 0 Å². The van der Waals surface area contributed by atoms with Crippen molar-refractivity contribution < 1.29 is 19.1 Å². The summed E-state index contributed by atoms with van der Waals surface area (Å²) >= 11 is 0. The molecule has 0 aliphatic carbocycles. The maximum Gasteiger partial charge on any atom is 0.308 e. The molecule has 0 radical (unpaired) electrons. The van der Waals surface area contributed by atoms with Gasteiger partial charge in [-0.2, -0.15) is 5.10 Å². The molecule has 9 heteroatoms. The highest BCUT2D eigenvalue weighted by Gasteiger charge is 2.36. The molecule has 1 aromatic rings. The first kappa shape index (κ1) is 17.4. The zero-order valence-electron chi connectivity index (χ0n) is 14.5. The second-order valence-corrected chi connectivity index (χ2v) is 6.42. The van der Waals surface area contributed by atoms with E-state index in [9.17, 15) is 14.4 Å². The Balaban J connectivity index is 1.82. The molecule has 2 aliphatic heterocycles. The standard InChI is InChI=1S/C16H23N5O4/c1-19-5-3-6-21-11(10-19)8-12(18-21)16(24)20-7-4-17-15(23)13(20)9-14(22)25-2/h8,13H,3-7,9-10H2,1-2H3,(H,17,23)/t13-/m1/s1. The van der Waals surface area contributed by atoms with Crippen molar-refractivity contribution >= 4 is 17.8 Å². The van der Waals surface area contributed by atoms with E-state index in [1.807, 2.05) is 11.7 Å². The number of amides is 2. The Labute approximate surface area is 145 Å². The van der Waals surface area contributed by atoms with Gasteiger partial charge in [-0.3, -0.25) is 19.1 Å². The summed E-state index contributed by atoms with van der Waals surface area (Å²) < 4.78 is 6.50. The van der Waals surface area contributed by atoms with E-state index in [1.165, 1.54) is 12.0 Å². The van der Waals surface area contributed by atoms with E-state index < -0.39 is 12.0 Å². The number of ether oxygens (including phenoxy) is 1. The number of esters is 1. The number of aromatic nitrogens is 2. The molecular weight excluding hydrogens is 326 g/mol. The van der Waals surface area contributed by atoms with Gasteiger partial charge in [0.2, 0.25) is 5.91 Å². The topological polar surface area (TPSA) is 96.8 Å². The molecule has 0 saturated carbocycles. The number of hydrogen-bond donors (Lipinski definition) is 1. The fourth-order valence-corrected chi connectivity index (χ4v) is 3.28. The lowest BCUT2D eigenvalue weighted by Crippen LogP contribution is -2.57. The molecule has 0 bridgehead atoms. The summed E-state index contributed by atoms with van der Waals surface area (Å²) in [5.41, 5.74) is 1.30. The molecule has 9 nitrogen and oxygen atoms in total. The van der Waals surface area contributed by atoms with Crippen molar-refractivity contribution in [3.8, 4) is 0 Å². The number of fused-ring (bicyclic) bond motifs is 1. The Bertz CT molecular complexity index is 686. The van der Waals surface area contributed by atoms with E-state index in [0.29, 0.717) is 18.8 Å². The van der Waals surface area contributed by atoms with Gasteiger partial charge in [-0.15, -0.1) is 0 Å². The third-order valence-electron chi connectivity index (χ3n) is 4.60. The third-order valence-corrected chi connectivity index (χ3v) is 4.60. The second-order valence-electron chi connectivity index (χ2n) is 6.42. The quantitative estimate of drug-likeness (QED) is 0.720. The van der Waals surface area contributed by atoms with Gasteiger partial charge in [0, 0.05) is 32.7 Å². The normalized spacial score (nSPS) is 21.3. The van der Waals surface area contributed by atoms with Crippen LogP contribution in [0.2, 0.25) is 0 Å². The number of rotatable bonds is 3. The first-order chi connectivity index (χ1) is 12.0. The summed E-state index contributed by atoms with van der Waals surface area (Å²) in [4.78, 5) is 40.2. The Kier molecular flexibility index (Phi) is 5.03. The van der Waals surface area contributed by atoms with E-state index in [2.05, 4.69) is 20.1 Å². The molecule has 1 saturated heterocycles. The molecule has 1 N–H and O–H groups in total. The minimum atomic E-state index is -0.863. The van der Waals surface area contributed by atoms with Gasteiger partial charge in [-0.05, 0) is 19.5 Å². The summed E-state index contributed by atoms with van der Waals surface area (Å²) in [5, 5.41) is 7.12. The molecular formula is C16H23N5O4. The number of nitrogens with one attached hydrogen (secondary N) is 1. The van der Waals surface area contributed by atoms with Crippen LogP contribution in [0.5, 0.6) is 0 Å². The van der Waals surface area contributed by atoms with E-state index >= 15 is 0 Å². The zero-order chi connectivity index (χ0) is 18.0. The molecule has 0 spiro atoms. The number of aryl methyl sites for hydroxylation is 1. The largest absolute Gasteiger partial charge is 0.469 e. The maximum atomic E-state index is 12.9. The SMILES string of the molecule is COC(=O)C[C@@H]1C(=O)NCCN1C(=O)c1cc2n(n1)CCCN(C)C2. The van der Waals surface area contributed by atoms with Crippen molar-refractivity contribution in [3.05, 3.63) is 17.5 Å². The van der Waals surface area contributed by atoms with Crippen LogP contribution in [-0.2, 0) is 27.4 Å². The second kappa shape index (κ2) is 7.22. The first-order valence-corrected chi connectivity index (χ1v) is 8.40. The van der Waals surface area contributed by atoms with Crippen LogP contribution in [0, 0.1) is 0 Å². The highest BCUT2D eigenvalue weighted by atomic mass is 16.5. The lowest BCUT2D eigenvalue weighted by Gasteiger charge is -2.34. The van der Waals surface area contributed by atoms with Crippen molar-refractivity contribution in [2.24, 2.45) is 0 Å². The van der Waals surface area contributed by atoms with Crippen LogP contribution < -0.4 is 5.32 Å². The molecule has 0 unspecified atom stereocenters. The average molecular weight is 349 g/mol. The number of methoxy groups -OCH3 is 1. The molecule has 136 valence electrons. The summed E-state index contributed by atoms with van der Waals surface area (Å²) in [6, 6.07) is 0.921. The predicted molar refractivity (Wildman–Crippen MR) is 87.6 cm³/mol. The number of piperazine rings is 1. The summed E-state index contributed by atoms with van der Waals surface area (Å²) in [6.07, 6.45) is 0.806. The van der Waals surface area contributed by atoms with Crippen LogP contribution in [0.15, 0.2) is 6.07 Å². The van der Waals surface area contributed by atoms with Crippen LogP contribution in [0.4, 0.5) is 0 Å². The van der Waals surface area contributed by atoms with E-state index in [1.54, 1.807) is 6.07 Å². The highest BCUT2D eigenvalue weighted by Crippen LogP contribution is 2.17. The maximum absolute atomic E-state index is 12.9. The Hall–Kier alpha value is -2.42. The Morgan fingerprint density at radius 3 is 2.92 bits per heavy atom. The van der Waals surface area contributed by atoms with Gasteiger partial charge in [-0.25, -0.2) is 0 Å². The van der Waals surface area contributed by atoms with Gasteiger partial charge < -0.3 is 19.9 Å². The fourth-order valence-electron chi connectivity index (χ4n) is 3.28. The molecule has 3 rings (SSSR count). The highest BCUT2D eigenvalue weighted by molar-refractivity contribution is 5.98. The number of carbonyl (C=O) groups excluding carboxylic acids is 3. The molecule has 1 atom stereocenters. The van der Waals surface area contributed by atoms with Crippen molar-refractivity contribution in [1.29, 1.82) is 0 Å². The summed E-state index contributed by atoms with van der Waals surface area (Å²) in [5.74, 6) is -1.19. The van der Waals surface area contributed by atoms with Gasteiger partial charge in [0.15, 0.2) is 5.69 Å². The van der Waals surface area contributed by atoms with Crippen LogP contribution in [0.25, 0.3) is 0 Å². The minimum Gasteiger partial charge on any atom is -0.469 e. The third kappa shape index (κ3) is 3.65. The van der Waals surface area contributed by atoms with Gasteiger partial charge in [0.05, 0.1) is 19.2 Å². The first-order valence-electron chi connectivity index (χ1n) is 8.40. The van der Waals surface area contributed by atoms with Crippen LogP contribution in [-0.4, -0.2) is 77.2 Å². The van der Waals surface area contributed by atoms with Crippen LogP contribution in [0.3, 0.4) is 0 Å². The zero-order valence-corrected chi connectivity index (χ0v) is 14.5. The predicted octanol–water partition coefficient (Wildman–Crippen LogP) is -0.778.